The summed E-state index contributed by atoms with van der Waals surface area (Å²) < 4.78 is 44.4. The Hall–Kier alpha value is -4.28. The molecule has 0 spiro atoms. The number of hydrogen-bond donors (Lipinski definition) is 6. The lowest BCUT2D eigenvalue weighted by atomic mass is 9.98. The molecule has 2 aromatic carbocycles. The normalized spacial score (nSPS) is 16.6. The van der Waals surface area contributed by atoms with Crippen LogP contribution in [0.1, 0.15) is 62.4 Å². The Kier molecular flexibility index (Phi) is 19.7. The van der Waals surface area contributed by atoms with Gasteiger partial charge in [0.15, 0.2) is 0 Å². The first kappa shape index (κ1) is 50.7. The van der Waals surface area contributed by atoms with Crippen LogP contribution in [0.25, 0.3) is 17.2 Å². The molecule has 22 heteroatoms. The molecule has 350 valence electrons. The van der Waals surface area contributed by atoms with Gasteiger partial charge in [0.25, 0.3) is 5.56 Å². The fraction of sp³-hybridized carbons (Fsp3) is 0.500. The number of alkyl carbamates (subject to hydrolysis) is 1. The quantitative estimate of drug-likeness (QED) is 0.0402. The van der Waals surface area contributed by atoms with Crippen LogP contribution < -0.4 is 27.2 Å². The van der Waals surface area contributed by atoms with Crippen molar-refractivity contribution < 1.29 is 56.9 Å². The first-order chi connectivity index (χ1) is 30.6. The average molecular weight is 950 g/mol. The second kappa shape index (κ2) is 24.9. The zero-order valence-electron chi connectivity index (χ0n) is 35.9. The maximum Gasteiger partial charge on any atom is 0.469 e. The van der Waals surface area contributed by atoms with Gasteiger partial charge >= 0.3 is 19.6 Å². The van der Waals surface area contributed by atoms with Crippen molar-refractivity contribution in [2.45, 2.75) is 62.7 Å². The highest BCUT2D eigenvalue weighted by Crippen LogP contribution is 2.44. The van der Waals surface area contributed by atoms with Gasteiger partial charge in [0, 0.05) is 35.7 Å². The van der Waals surface area contributed by atoms with E-state index in [0.29, 0.717) is 18.6 Å². The van der Waals surface area contributed by atoms with E-state index < -0.39 is 49.4 Å². The van der Waals surface area contributed by atoms with Crippen molar-refractivity contribution >= 4 is 53.4 Å². The highest BCUT2D eigenvalue weighted by Gasteiger charge is 2.31. The Morgan fingerprint density at radius 2 is 1.59 bits per heavy atom. The summed E-state index contributed by atoms with van der Waals surface area (Å²) in [5.41, 5.74) is 3.23. The first-order valence-electron chi connectivity index (χ1n) is 20.7. The highest BCUT2D eigenvalue weighted by molar-refractivity contribution is 8.77. The number of hydrogen-bond acceptors (Lipinski definition) is 14. The van der Waals surface area contributed by atoms with Gasteiger partial charge in [0.1, 0.15) is 25.5 Å². The highest BCUT2D eigenvalue weighted by atomic mass is 33.1. The molecular formula is C42H56N5O14PS2. The van der Waals surface area contributed by atoms with Crippen molar-refractivity contribution in [1.82, 2.24) is 25.5 Å². The van der Waals surface area contributed by atoms with Gasteiger partial charge in [-0.3, -0.25) is 28.5 Å². The van der Waals surface area contributed by atoms with Gasteiger partial charge in [0.05, 0.1) is 51.3 Å². The van der Waals surface area contributed by atoms with Crippen LogP contribution in [0.4, 0.5) is 4.79 Å². The van der Waals surface area contributed by atoms with Crippen molar-refractivity contribution in [2.24, 2.45) is 0 Å². The fourth-order valence-corrected chi connectivity index (χ4v) is 9.48. The van der Waals surface area contributed by atoms with Crippen LogP contribution >= 0.6 is 29.4 Å². The van der Waals surface area contributed by atoms with E-state index in [-0.39, 0.29) is 88.1 Å². The fourth-order valence-electron chi connectivity index (χ4n) is 6.66. The molecular weight excluding hydrogens is 894 g/mol. The third-order valence-electron chi connectivity index (χ3n) is 9.55. The van der Waals surface area contributed by atoms with Crippen LogP contribution in [0.3, 0.4) is 0 Å². The lowest BCUT2D eigenvalue weighted by molar-refractivity contribution is -0.126. The lowest BCUT2D eigenvalue weighted by Gasteiger charge is -2.21. The number of benzene rings is 2. The molecule has 1 fully saturated rings. The van der Waals surface area contributed by atoms with E-state index in [2.05, 4.69) is 58.4 Å². The maximum absolute atomic E-state index is 13.2. The van der Waals surface area contributed by atoms with E-state index in [1.807, 2.05) is 36.4 Å². The van der Waals surface area contributed by atoms with Crippen LogP contribution in [0, 0.1) is 0 Å². The predicted octanol–water partition coefficient (Wildman–Crippen LogP) is 3.71. The van der Waals surface area contributed by atoms with Gasteiger partial charge in [-0.2, -0.15) is 0 Å². The van der Waals surface area contributed by atoms with E-state index in [0.717, 1.165) is 22.3 Å². The Morgan fingerprint density at radius 3 is 2.27 bits per heavy atom. The molecule has 0 bridgehead atoms. The molecule has 6 N–H and O–H groups in total. The van der Waals surface area contributed by atoms with Gasteiger partial charge in [-0.1, -0.05) is 103 Å². The van der Waals surface area contributed by atoms with Crippen LogP contribution in [0.2, 0.25) is 0 Å². The van der Waals surface area contributed by atoms with Crippen LogP contribution in [-0.2, 0) is 42.4 Å². The van der Waals surface area contributed by atoms with Gasteiger partial charge < -0.3 is 49.4 Å². The molecule has 1 saturated heterocycles. The Labute approximate surface area is 378 Å². The number of nitrogens with one attached hydrogen (secondary N) is 4. The van der Waals surface area contributed by atoms with Crippen molar-refractivity contribution in [3.8, 4) is 11.1 Å². The standard InChI is InChI=1S/C42H56N5O14PS2/c1-42(2,3)64-63-27-35(45-41(52)59-25-34-32-12-6-4-10-30(32)31-11-5-7-13-33(31)34)39(50)44-17-18-56-19-20-57-21-22-58-26-36(48)43-16-8-9-28-23-47(40(51)46-38(28)49)37-15-14-29(61-37)24-60-62(53,54)55/h4-13,23,29,34-35,37H,14-22,24-27H2,1-3H3,(H,43,48)(H,44,50)(H,45,52)(H,46,49,51)(H2,53,54,55)/t29-,35?,37+/m0/s1. The Balaban J connectivity index is 0.918. The first-order valence-corrected chi connectivity index (χ1v) is 24.5. The van der Waals surface area contributed by atoms with Crippen molar-refractivity contribution in [1.29, 1.82) is 0 Å². The number of carbonyl (C=O) groups excluding carboxylic acids is 3. The molecule has 1 aliphatic heterocycles. The van der Waals surface area contributed by atoms with Gasteiger partial charge in [0.2, 0.25) is 11.8 Å². The van der Waals surface area contributed by atoms with Crippen molar-refractivity contribution in [3.05, 3.63) is 98.3 Å². The maximum atomic E-state index is 13.2. The largest absolute Gasteiger partial charge is 0.469 e. The number of aromatic nitrogens is 2. The molecule has 2 heterocycles. The minimum absolute atomic E-state index is 0.0453. The molecule has 2 aliphatic rings. The Morgan fingerprint density at radius 1 is 0.938 bits per heavy atom. The molecule has 3 atom stereocenters. The zero-order chi connectivity index (χ0) is 46.1. The monoisotopic (exact) mass is 949 g/mol. The average Bonchev–Trinajstić information content (AvgIpc) is 3.85. The van der Waals surface area contributed by atoms with Gasteiger partial charge in [-0.05, 0) is 35.1 Å². The Bertz CT molecular complexity index is 2180. The number of carbonyl (C=O) groups is 3. The number of amides is 3. The second-order valence-electron chi connectivity index (χ2n) is 15.6. The van der Waals surface area contributed by atoms with Crippen LogP contribution in [-0.4, -0.2) is 126 Å². The summed E-state index contributed by atoms with van der Waals surface area (Å²) in [7, 11) is -1.56. The molecule has 1 aromatic heterocycles. The smallest absolute Gasteiger partial charge is 0.449 e. The summed E-state index contributed by atoms with van der Waals surface area (Å²) in [4.78, 5) is 83.1. The third kappa shape index (κ3) is 16.6. The number of phosphoric ester groups is 1. The van der Waals surface area contributed by atoms with Gasteiger partial charge in [-0.25, -0.2) is 14.2 Å². The summed E-state index contributed by atoms with van der Waals surface area (Å²) in [5.74, 6) is -0.526. The van der Waals surface area contributed by atoms with E-state index in [4.69, 9.17) is 33.5 Å². The predicted molar refractivity (Wildman–Crippen MR) is 242 cm³/mol. The van der Waals surface area contributed by atoms with Crippen molar-refractivity contribution in [2.75, 3.05) is 71.7 Å². The molecule has 0 radical (unpaired) electrons. The molecule has 19 nitrogen and oxygen atoms in total. The van der Waals surface area contributed by atoms with E-state index in [1.165, 1.54) is 33.7 Å². The molecule has 1 aliphatic carbocycles. The molecule has 0 saturated carbocycles. The number of aromatic amines is 1. The summed E-state index contributed by atoms with van der Waals surface area (Å²) >= 11 is 0. The number of fused-ring (bicyclic) bond motifs is 3. The second-order valence-corrected chi connectivity index (χ2v) is 20.0. The number of nitrogens with zero attached hydrogens (tertiary/aromatic N) is 1. The van der Waals surface area contributed by atoms with Crippen molar-refractivity contribution in [3.63, 3.8) is 0 Å². The summed E-state index contributed by atoms with van der Waals surface area (Å²) in [6.45, 7) is 7.15. The summed E-state index contributed by atoms with van der Waals surface area (Å²) in [5, 5.41) is 8.21. The van der Waals surface area contributed by atoms with Gasteiger partial charge in [-0.15, -0.1) is 0 Å². The van der Waals surface area contributed by atoms with E-state index >= 15 is 0 Å². The minimum atomic E-state index is -4.67. The number of H-pyrrole nitrogens is 1. The third-order valence-corrected chi connectivity index (χ3v) is 13.4. The number of phosphoric acid groups is 1. The topological polar surface area (TPSA) is 255 Å². The zero-order valence-corrected chi connectivity index (χ0v) is 38.4. The molecule has 3 aromatic rings. The summed E-state index contributed by atoms with van der Waals surface area (Å²) in [6.07, 6.45) is 2.92. The van der Waals surface area contributed by atoms with E-state index in [1.54, 1.807) is 10.8 Å². The van der Waals surface area contributed by atoms with E-state index in [9.17, 15) is 28.5 Å². The molecule has 3 amide bonds. The SMILES string of the molecule is CC(C)(C)SSCC(NC(=O)OCC1c2ccccc2-c2ccccc21)C(=O)NCCOCCOCCOCC(=O)NCC=Cc1cn([C@H]2CC[C@@H](COP(=O)(O)O)O2)c(=O)[nH]c1=O. The minimum Gasteiger partial charge on any atom is -0.449 e. The lowest BCUT2D eigenvalue weighted by Crippen LogP contribution is -2.49. The molecule has 1 unspecified atom stereocenters. The number of ether oxygens (including phenoxy) is 5. The van der Waals surface area contributed by atoms with Crippen LogP contribution in [0.5, 0.6) is 0 Å². The molecule has 5 rings (SSSR count). The number of rotatable bonds is 25. The summed E-state index contributed by atoms with van der Waals surface area (Å²) in [6, 6.07) is 15.3. The van der Waals surface area contributed by atoms with Crippen LogP contribution in [0.15, 0.2) is 70.4 Å². The molecule has 64 heavy (non-hydrogen) atoms.